The number of primary amides is 1. The van der Waals surface area contributed by atoms with E-state index in [1.54, 1.807) is 32.0 Å². The quantitative estimate of drug-likeness (QED) is 0.386. The van der Waals surface area contributed by atoms with E-state index in [1.165, 1.54) is 0 Å². The molecular weight excluding hydrogens is 473 g/mol. The summed E-state index contributed by atoms with van der Waals surface area (Å²) in [5, 5.41) is 25.3. The van der Waals surface area contributed by atoms with Crippen LogP contribution < -0.4 is 16.0 Å². The van der Waals surface area contributed by atoms with Crippen molar-refractivity contribution in [3.8, 4) is 5.75 Å². The summed E-state index contributed by atoms with van der Waals surface area (Å²) >= 11 is 0. The van der Waals surface area contributed by atoms with Crippen molar-refractivity contribution in [3.05, 3.63) is 22.8 Å². The number of nitrogens with one attached hydrogen (secondary N) is 1. The van der Waals surface area contributed by atoms with Crippen LogP contribution in [0.15, 0.2) is 6.07 Å². The Balaban J connectivity index is 1.80. The smallest absolute Gasteiger partial charge is 0.235 e. The van der Waals surface area contributed by atoms with Crippen LogP contribution in [0, 0.1) is 23.7 Å². The van der Waals surface area contributed by atoms with E-state index in [4.69, 9.17) is 5.73 Å². The number of hydrogen-bond donors (Lipinski definition) is 4. The van der Waals surface area contributed by atoms with E-state index in [2.05, 4.69) is 5.32 Å². The molecule has 0 aliphatic heterocycles. The van der Waals surface area contributed by atoms with Crippen molar-refractivity contribution in [1.82, 2.24) is 5.32 Å². The molecular formula is C25H30FN3O7. The van der Waals surface area contributed by atoms with Crippen molar-refractivity contribution in [1.29, 1.82) is 0 Å². The zero-order valence-corrected chi connectivity index (χ0v) is 20.3. The predicted octanol–water partition coefficient (Wildman–Crippen LogP) is -0.159. The number of ketones is 4. The summed E-state index contributed by atoms with van der Waals surface area (Å²) < 4.78 is 12.9. The first-order valence-electron chi connectivity index (χ1n) is 11.9. The second-order valence-electron chi connectivity index (χ2n) is 10.3. The molecule has 194 valence electrons. The van der Waals surface area contributed by atoms with Gasteiger partial charge in [0.1, 0.15) is 12.4 Å². The molecule has 0 saturated heterocycles. The van der Waals surface area contributed by atoms with Crippen LogP contribution in [0.2, 0.25) is 0 Å². The number of nitrogens with zero attached hydrogens (tertiary/aromatic N) is 1. The maximum absolute atomic E-state index is 13.7. The molecule has 11 heteroatoms. The molecule has 0 aromatic heterocycles. The number of benzene rings is 1. The van der Waals surface area contributed by atoms with Crippen LogP contribution in [-0.2, 0) is 32.1 Å². The third kappa shape index (κ3) is 3.72. The van der Waals surface area contributed by atoms with Gasteiger partial charge in [0.25, 0.3) is 0 Å². The fourth-order valence-corrected chi connectivity index (χ4v) is 5.94. The summed E-state index contributed by atoms with van der Waals surface area (Å²) in [5.41, 5.74) is 3.93. The molecule has 4 rings (SSSR count). The minimum Gasteiger partial charge on any atom is -0.507 e. The Hall–Kier alpha value is -3.18. The van der Waals surface area contributed by atoms with Crippen molar-refractivity contribution >= 4 is 34.7 Å². The van der Waals surface area contributed by atoms with E-state index < -0.39 is 71.0 Å². The number of amides is 1. The number of alkyl halides is 1. The molecule has 36 heavy (non-hydrogen) atoms. The Morgan fingerprint density at radius 1 is 1.25 bits per heavy atom. The first-order chi connectivity index (χ1) is 16.8. The van der Waals surface area contributed by atoms with Gasteiger partial charge in [-0.1, -0.05) is 0 Å². The lowest BCUT2D eigenvalue weighted by Gasteiger charge is -2.48. The number of nitrogens with two attached hydrogens (primary N) is 1. The fourth-order valence-electron chi connectivity index (χ4n) is 5.94. The Morgan fingerprint density at radius 3 is 2.50 bits per heavy atom. The number of phenols is 1. The number of aliphatic hydroxyl groups is 1. The highest BCUT2D eigenvalue weighted by Gasteiger charge is 2.66. The highest BCUT2D eigenvalue weighted by atomic mass is 19.1. The molecule has 1 aromatic rings. The van der Waals surface area contributed by atoms with Crippen LogP contribution >= 0.6 is 0 Å². The molecule has 2 saturated carbocycles. The number of fused-ring (bicyclic) bond motifs is 3. The summed E-state index contributed by atoms with van der Waals surface area (Å²) in [6, 6.07) is 1.21. The van der Waals surface area contributed by atoms with E-state index in [9.17, 15) is 38.6 Å². The molecule has 0 spiro atoms. The normalized spacial score (nSPS) is 30.4. The number of halogens is 1. The molecule has 1 amide bonds. The van der Waals surface area contributed by atoms with Gasteiger partial charge in [0, 0.05) is 50.3 Å². The molecule has 3 aliphatic rings. The molecule has 3 unspecified atom stereocenters. The minimum atomic E-state index is -2.68. The van der Waals surface area contributed by atoms with E-state index in [-0.39, 0.29) is 37.1 Å². The number of rotatable bonds is 6. The summed E-state index contributed by atoms with van der Waals surface area (Å²) in [5.74, 6) is -10.5. The van der Waals surface area contributed by atoms with E-state index in [0.717, 1.165) is 0 Å². The van der Waals surface area contributed by atoms with Crippen molar-refractivity contribution < 1.29 is 38.6 Å². The lowest BCUT2D eigenvalue weighted by molar-refractivity contribution is -0.175. The monoisotopic (exact) mass is 503 g/mol. The first-order valence-corrected chi connectivity index (χ1v) is 11.9. The van der Waals surface area contributed by atoms with Gasteiger partial charge in [0.2, 0.25) is 5.91 Å². The molecule has 0 heterocycles. The minimum absolute atomic E-state index is 0.0337. The van der Waals surface area contributed by atoms with Crippen molar-refractivity contribution in [3.63, 3.8) is 0 Å². The number of anilines is 1. The van der Waals surface area contributed by atoms with Gasteiger partial charge in [-0.25, -0.2) is 4.39 Å². The SMILES string of the molecule is CC(CF)NCc1cc(N(C)C)c2c(c1O)C(=O)C1C(=O)[C@]3(O)C(=O)C(C(N)=O)C(=O)C[C@@H]3C[C@@H]1C2. The van der Waals surface area contributed by atoms with Gasteiger partial charge in [0.05, 0.1) is 11.5 Å². The second kappa shape index (κ2) is 9.04. The number of phenolic OH excluding ortho intramolecular Hbond substituents is 1. The number of carbonyl (C=O) groups is 5. The lowest BCUT2D eigenvalue weighted by Crippen LogP contribution is -2.68. The summed E-state index contributed by atoms with van der Waals surface area (Å²) in [6.07, 6.45) is -0.150. The van der Waals surface area contributed by atoms with Crippen molar-refractivity contribution in [2.45, 2.75) is 44.4 Å². The third-order valence-electron chi connectivity index (χ3n) is 7.81. The van der Waals surface area contributed by atoms with Gasteiger partial charge in [-0.2, -0.15) is 0 Å². The van der Waals surface area contributed by atoms with Gasteiger partial charge in [0.15, 0.2) is 34.7 Å². The topological polar surface area (TPSA) is 167 Å². The number of carbonyl (C=O) groups excluding carboxylic acids is 5. The van der Waals surface area contributed by atoms with Crippen LogP contribution in [0.4, 0.5) is 10.1 Å². The lowest BCUT2D eigenvalue weighted by atomic mass is 9.53. The number of aromatic hydroxyl groups is 1. The molecule has 3 aliphatic carbocycles. The van der Waals surface area contributed by atoms with Crippen molar-refractivity contribution in [2.75, 3.05) is 25.7 Å². The second-order valence-corrected chi connectivity index (χ2v) is 10.3. The van der Waals surface area contributed by atoms with Crippen LogP contribution in [0.1, 0.15) is 41.3 Å². The van der Waals surface area contributed by atoms with Crippen LogP contribution in [-0.4, -0.2) is 71.7 Å². The molecule has 2 fully saturated rings. The zero-order valence-electron chi connectivity index (χ0n) is 20.3. The van der Waals surface area contributed by atoms with Gasteiger partial charge < -0.3 is 26.2 Å². The largest absolute Gasteiger partial charge is 0.507 e. The van der Waals surface area contributed by atoms with E-state index in [0.29, 0.717) is 16.8 Å². The van der Waals surface area contributed by atoms with Gasteiger partial charge in [-0.3, -0.25) is 24.0 Å². The first kappa shape index (κ1) is 25.9. The Labute approximate surface area is 207 Å². The molecule has 6 atom stereocenters. The van der Waals surface area contributed by atoms with Crippen LogP contribution in [0.5, 0.6) is 5.75 Å². The third-order valence-corrected chi connectivity index (χ3v) is 7.81. The molecule has 5 N–H and O–H groups in total. The molecule has 10 nitrogen and oxygen atoms in total. The molecule has 1 aromatic carbocycles. The summed E-state index contributed by atoms with van der Waals surface area (Å²) in [4.78, 5) is 66.3. The molecule has 0 bridgehead atoms. The number of Topliss-reactive ketones (excluding diaryl/α,β-unsaturated/α-hetero) is 4. The van der Waals surface area contributed by atoms with Crippen LogP contribution in [0.25, 0.3) is 0 Å². The number of hydrogen-bond acceptors (Lipinski definition) is 9. The highest BCUT2D eigenvalue weighted by Crippen LogP contribution is 2.51. The Kier molecular flexibility index (Phi) is 6.50. The zero-order chi connectivity index (χ0) is 26.7. The highest BCUT2D eigenvalue weighted by molar-refractivity contribution is 6.31. The Morgan fingerprint density at radius 2 is 1.92 bits per heavy atom. The average molecular weight is 504 g/mol. The van der Waals surface area contributed by atoms with Gasteiger partial charge in [-0.05, 0) is 37.3 Å². The van der Waals surface area contributed by atoms with Gasteiger partial charge >= 0.3 is 0 Å². The summed E-state index contributed by atoms with van der Waals surface area (Å²) in [7, 11) is 3.52. The fraction of sp³-hybridized carbons (Fsp3) is 0.560. The Bertz CT molecular complexity index is 1180. The predicted molar refractivity (Wildman–Crippen MR) is 125 cm³/mol. The van der Waals surface area contributed by atoms with Gasteiger partial charge in [-0.15, -0.1) is 0 Å². The van der Waals surface area contributed by atoms with E-state index >= 15 is 0 Å². The van der Waals surface area contributed by atoms with Crippen molar-refractivity contribution in [2.24, 2.45) is 29.4 Å². The average Bonchev–Trinajstić information content (AvgIpc) is 2.80. The van der Waals surface area contributed by atoms with Crippen LogP contribution in [0.3, 0.4) is 0 Å². The maximum Gasteiger partial charge on any atom is 0.235 e. The van der Waals surface area contributed by atoms with E-state index in [1.807, 2.05) is 0 Å². The standard InChI is InChI=1S/C25H30FN3O7/c1-10(8-26)28-9-12-6-15(29(2)3)14-5-11-4-13-7-16(30)19(24(27)35)23(34)25(13,36)22(33)17(11)21(32)18(14)20(12)31/h6,10-11,13,17,19,28,31,36H,4-5,7-9H2,1-3H3,(H2,27,35)/t10?,11-,13+,17?,19?,25+/m1/s1. The molecule has 0 radical (unpaired) electrons. The summed E-state index contributed by atoms with van der Waals surface area (Å²) in [6.45, 7) is 1.06. The maximum atomic E-state index is 13.7.